The van der Waals surface area contributed by atoms with Crippen LogP contribution in [0.1, 0.15) is 19.8 Å². The lowest BCUT2D eigenvalue weighted by Gasteiger charge is -2.08. The van der Waals surface area contributed by atoms with Crippen LogP contribution in [0.3, 0.4) is 0 Å². The van der Waals surface area contributed by atoms with Crippen molar-refractivity contribution in [3.8, 4) is 17.1 Å². The van der Waals surface area contributed by atoms with Crippen molar-refractivity contribution < 1.29 is 14.3 Å². The molecule has 0 saturated carbocycles. The minimum Gasteiger partial charge on any atom is -0.496 e. The van der Waals surface area contributed by atoms with Gasteiger partial charge < -0.3 is 14.0 Å². The summed E-state index contributed by atoms with van der Waals surface area (Å²) in [5.74, 6) is 2.16. The van der Waals surface area contributed by atoms with E-state index in [1.807, 2.05) is 42.8 Å². The summed E-state index contributed by atoms with van der Waals surface area (Å²) in [6.45, 7) is 2.24. The van der Waals surface area contributed by atoms with Gasteiger partial charge in [0, 0.05) is 19.2 Å². The second-order valence-corrected chi connectivity index (χ2v) is 5.88. The number of esters is 1. The van der Waals surface area contributed by atoms with Gasteiger partial charge in [-0.3, -0.25) is 4.79 Å². The van der Waals surface area contributed by atoms with E-state index in [2.05, 4.69) is 10.2 Å². The summed E-state index contributed by atoms with van der Waals surface area (Å²) in [4.78, 5) is 11.3. The molecule has 0 aliphatic carbocycles. The summed E-state index contributed by atoms with van der Waals surface area (Å²) < 4.78 is 12.2. The third-order valence-electron chi connectivity index (χ3n) is 3.24. The van der Waals surface area contributed by atoms with Gasteiger partial charge in [0.25, 0.3) is 0 Å². The van der Waals surface area contributed by atoms with E-state index in [0.29, 0.717) is 13.0 Å². The topological polar surface area (TPSA) is 66.2 Å². The van der Waals surface area contributed by atoms with Crippen molar-refractivity contribution >= 4 is 17.7 Å². The molecule has 0 bridgehead atoms. The van der Waals surface area contributed by atoms with E-state index in [4.69, 9.17) is 9.47 Å². The van der Waals surface area contributed by atoms with E-state index in [9.17, 15) is 4.79 Å². The number of aromatic nitrogens is 3. The van der Waals surface area contributed by atoms with E-state index in [1.165, 1.54) is 0 Å². The van der Waals surface area contributed by atoms with Crippen LogP contribution >= 0.6 is 11.8 Å². The Morgan fingerprint density at radius 1 is 1.30 bits per heavy atom. The third-order valence-corrected chi connectivity index (χ3v) is 4.35. The summed E-state index contributed by atoms with van der Waals surface area (Å²) in [6.07, 6.45) is 1.18. The molecule has 7 heteroatoms. The van der Waals surface area contributed by atoms with Gasteiger partial charge in [-0.2, -0.15) is 0 Å². The first-order valence-corrected chi connectivity index (χ1v) is 8.47. The van der Waals surface area contributed by atoms with Crippen molar-refractivity contribution in [2.24, 2.45) is 7.05 Å². The normalized spacial score (nSPS) is 10.6. The minimum absolute atomic E-state index is 0.152. The number of hydrogen-bond donors (Lipinski definition) is 0. The molecule has 0 aliphatic rings. The van der Waals surface area contributed by atoms with Crippen LogP contribution < -0.4 is 4.74 Å². The summed E-state index contributed by atoms with van der Waals surface area (Å²) >= 11 is 1.58. The van der Waals surface area contributed by atoms with Crippen molar-refractivity contribution in [3.63, 3.8) is 0 Å². The standard InChI is InChI=1S/C16H21N3O3S/c1-4-22-14(20)10-7-11-23-16-18-17-15(19(16)2)12-8-5-6-9-13(12)21-3/h5-6,8-9H,4,7,10-11H2,1-3H3. The molecule has 0 N–H and O–H groups in total. The number of para-hydroxylation sites is 1. The van der Waals surface area contributed by atoms with Crippen LogP contribution in [0, 0.1) is 0 Å². The summed E-state index contributed by atoms with van der Waals surface area (Å²) in [6, 6.07) is 7.72. The van der Waals surface area contributed by atoms with Crippen molar-refractivity contribution in [3.05, 3.63) is 24.3 Å². The Bertz CT molecular complexity index is 658. The number of methoxy groups -OCH3 is 1. The molecule has 124 valence electrons. The molecule has 0 aliphatic heterocycles. The fourth-order valence-corrected chi connectivity index (χ4v) is 2.97. The van der Waals surface area contributed by atoms with Gasteiger partial charge >= 0.3 is 5.97 Å². The first-order valence-electron chi connectivity index (χ1n) is 7.48. The van der Waals surface area contributed by atoms with E-state index in [1.54, 1.807) is 18.9 Å². The lowest BCUT2D eigenvalue weighted by atomic mass is 10.2. The molecular weight excluding hydrogens is 314 g/mol. The Kier molecular flexibility index (Phi) is 6.46. The number of hydrogen-bond acceptors (Lipinski definition) is 6. The van der Waals surface area contributed by atoms with Crippen LogP contribution in [-0.2, 0) is 16.6 Å². The summed E-state index contributed by atoms with van der Waals surface area (Å²) in [7, 11) is 3.57. The number of thioether (sulfide) groups is 1. The molecule has 1 heterocycles. The highest BCUT2D eigenvalue weighted by Gasteiger charge is 2.14. The summed E-state index contributed by atoms with van der Waals surface area (Å²) in [5.41, 5.74) is 0.906. The van der Waals surface area contributed by atoms with E-state index < -0.39 is 0 Å². The molecule has 23 heavy (non-hydrogen) atoms. The van der Waals surface area contributed by atoms with Crippen LogP contribution in [-0.4, -0.2) is 40.2 Å². The highest BCUT2D eigenvalue weighted by molar-refractivity contribution is 7.99. The smallest absolute Gasteiger partial charge is 0.305 e. The molecule has 0 amide bonds. The van der Waals surface area contributed by atoms with Crippen LogP contribution in [0.4, 0.5) is 0 Å². The van der Waals surface area contributed by atoms with Crippen molar-refractivity contribution in [2.75, 3.05) is 19.5 Å². The predicted molar refractivity (Wildman–Crippen MR) is 89.6 cm³/mol. The summed E-state index contributed by atoms with van der Waals surface area (Å²) in [5, 5.41) is 9.30. The molecule has 1 aromatic carbocycles. The molecule has 0 atom stereocenters. The van der Waals surface area contributed by atoms with Gasteiger partial charge in [-0.05, 0) is 25.5 Å². The third kappa shape index (κ3) is 4.48. The Labute approximate surface area is 140 Å². The average molecular weight is 335 g/mol. The predicted octanol–water partition coefficient (Wildman–Crippen LogP) is 2.93. The monoisotopic (exact) mass is 335 g/mol. The first kappa shape index (κ1) is 17.3. The Hall–Kier alpha value is -2.02. The van der Waals surface area contributed by atoms with Gasteiger partial charge in [0.05, 0.1) is 19.3 Å². The van der Waals surface area contributed by atoms with Crippen LogP contribution in [0.5, 0.6) is 5.75 Å². The Balaban J connectivity index is 1.98. The first-order chi connectivity index (χ1) is 11.2. The maximum Gasteiger partial charge on any atom is 0.305 e. The molecule has 6 nitrogen and oxygen atoms in total. The molecule has 0 spiro atoms. The Morgan fingerprint density at radius 3 is 2.83 bits per heavy atom. The largest absolute Gasteiger partial charge is 0.496 e. The highest BCUT2D eigenvalue weighted by atomic mass is 32.2. The van der Waals surface area contributed by atoms with Gasteiger partial charge in [-0.15, -0.1) is 10.2 Å². The SMILES string of the molecule is CCOC(=O)CCCSc1nnc(-c2ccccc2OC)n1C. The number of carbonyl (C=O) groups is 1. The van der Waals surface area contributed by atoms with Crippen LogP contribution in [0.25, 0.3) is 11.4 Å². The number of ether oxygens (including phenoxy) is 2. The lowest BCUT2D eigenvalue weighted by Crippen LogP contribution is -2.04. The zero-order chi connectivity index (χ0) is 16.7. The zero-order valence-corrected chi connectivity index (χ0v) is 14.4. The minimum atomic E-state index is -0.152. The van der Waals surface area contributed by atoms with E-state index >= 15 is 0 Å². The van der Waals surface area contributed by atoms with E-state index in [-0.39, 0.29) is 5.97 Å². The fraction of sp³-hybridized carbons (Fsp3) is 0.438. The molecule has 0 radical (unpaired) electrons. The number of carbonyl (C=O) groups excluding carboxylic acids is 1. The molecular formula is C16H21N3O3S. The molecule has 1 aromatic heterocycles. The molecule has 2 rings (SSSR count). The number of nitrogens with zero attached hydrogens (tertiary/aromatic N) is 3. The molecule has 0 fully saturated rings. The van der Waals surface area contributed by atoms with Crippen molar-refractivity contribution in [1.82, 2.24) is 14.8 Å². The lowest BCUT2D eigenvalue weighted by molar-refractivity contribution is -0.143. The van der Waals surface area contributed by atoms with Gasteiger partial charge in [0.15, 0.2) is 11.0 Å². The second-order valence-electron chi connectivity index (χ2n) is 4.82. The van der Waals surface area contributed by atoms with Crippen LogP contribution in [0.2, 0.25) is 0 Å². The van der Waals surface area contributed by atoms with E-state index in [0.717, 1.165) is 34.5 Å². The van der Waals surface area contributed by atoms with Crippen molar-refractivity contribution in [1.29, 1.82) is 0 Å². The zero-order valence-electron chi connectivity index (χ0n) is 13.6. The molecule has 2 aromatic rings. The van der Waals surface area contributed by atoms with Crippen LogP contribution in [0.15, 0.2) is 29.4 Å². The van der Waals surface area contributed by atoms with Crippen molar-refractivity contribution in [2.45, 2.75) is 24.9 Å². The maximum absolute atomic E-state index is 11.3. The number of benzene rings is 1. The second kappa shape index (κ2) is 8.57. The number of rotatable bonds is 8. The van der Waals surface area contributed by atoms with Gasteiger partial charge in [0.2, 0.25) is 0 Å². The molecule has 0 saturated heterocycles. The highest BCUT2D eigenvalue weighted by Crippen LogP contribution is 2.30. The van der Waals surface area contributed by atoms with Gasteiger partial charge in [0.1, 0.15) is 5.75 Å². The Morgan fingerprint density at radius 2 is 2.09 bits per heavy atom. The fourth-order valence-electron chi connectivity index (χ4n) is 2.12. The molecule has 0 unspecified atom stereocenters. The van der Waals surface area contributed by atoms with Gasteiger partial charge in [-0.1, -0.05) is 23.9 Å². The average Bonchev–Trinajstić information content (AvgIpc) is 2.92. The maximum atomic E-state index is 11.3. The quantitative estimate of drug-likeness (QED) is 0.420. The van der Waals surface area contributed by atoms with Gasteiger partial charge in [-0.25, -0.2) is 0 Å².